The molecule has 22 heavy (non-hydrogen) atoms. The van der Waals surface area contributed by atoms with Gasteiger partial charge in [0, 0.05) is 11.8 Å². The molecule has 114 valence electrons. The molecule has 2 N–H and O–H groups in total. The van der Waals surface area contributed by atoms with Gasteiger partial charge in [-0.05, 0) is 61.6 Å². The third-order valence-electron chi connectivity index (χ3n) is 3.85. The lowest BCUT2D eigenvalue weighted by Gasteiger charge is -2.18. The second-order valence-electron chi connectivity index (χ2n) is 5.71. The van der Waals surface area contributed by atoms with E-state index in [0.29, 0.717) is 11.5 Å². The van der Waals surface area contributed by atoms with Crippen LogP contribution < -0.4 is 5.32 Å². The van der Waals surface area contributed by atoms with E-state index in [4.69, 9.17) is 11.6 Å². The average molecular weight is 317 g/mol. The van der Waals surface area contributed by atoms with E-state index >= 15 is 0 Å². The van der Waals surface area contributed by atoms with Crippen LogP contribution in [-0.4, -0.2) is 16.0 Å². The monoisotopic (exact) mass is 316 g/mol. The van der Waals surface area contributed by atoms with Crippen molar-refractivity contribution in [2.24, 2.45) is 5.92 Å². The van der Waals surface area contributed by atoms with Crippen molar-refractivity contribution in [3.8, 4) is 5.75 Å². The molecule has 0 unspecified atom stereocenters. The number of aryl methyl sites for hydroxylation is 1. The maximum atomic E-state index is 12.4. The van der Waals surface area contributed by atoms with E-state index in [1.54, 1.807) is 12.3 Å². The van der Waals surface area contributed by atoms with Gasteiger partial charge >= 0.3 is 0 Å². The van der Waals surface area contributed by atoms with Crippen LogP contribution in [0, 0.1) is 12.8 Å². The van der Waals surface area contributed by atoms with E-state index in [1.165, 1.54) is 12.1 Å². The van der Waals surface area contributed by atoms with Crippen LogP contribution in [0.5, 0.6) is 5.75 Å². The molecule has 2 aromatic rings. The van der Waals surface area contributed by atoms with Crippen molar-refractivity contribution in [2.45, 2.75) is 25.8 Å². The van der Waals surface area contributed by atoms with Crippen LogP contribution in [-0.2, 0) is 0 Å². The highest BCUT2D eigenvalue weighted by atomic mass is 35.5. The molecular weight excluding hydrogens is 300 g/mol. The summed E-state index contributed by atoms with van der Waals surface area (Å²) in [6.07, 6.45) is 3.96. The number of halogens is 1. The first-order valence-corrected chi connectivity index (χ1v) is 7.64. The van der Waals surface area contributed by atoms with Crippen molar-refractivity contribution in [1.29, 1.82) is 0 Å². The number of phenolic OH excluding ortho intramolecular Hbond substituents is 1. The maximum absolute atomic E-state index is 12.4. The van der Waals surface area contributed by atoms with E-state index in [2.05, 4.69) is 10.3 Å². The lowest BCUT2D eigenvalue weighted by Crippen LogP contribution is -2.30. The van der Waals surface area contributed by atoms with Gasteiger partial charge in [0.2, 0.25) is 0 Å². The van der Waals surface area contributed by atoms with Gasteiger partial charge in [0.05, 0.1) is 16.8 Å². The molecule has 1 aliphatic carbocycles. The summed E-state index contributed by atoms with van der Waals surface area (Å²) in [5.74, 6) is 0.199. The number of carbonyl (C=O) groups excluding carboxylic acids is 1. The number of hydrogen-bond donors (Lipinski definition) is 2. The van der Waals surface area contributed by atoms with Crippen molar-refractivity contribution in [3.05, 3.63) is 58.4 Å². The van der Waals surface area contributed by atoms with Gasteiger partial charge in [0.15, 0.2) is 0 Å². The van der Waals surface area contributed by atoms with Gasteiger partial charge in [-0.1, -0.05) is 11.6 Å². The number of amides is 1. The Morgan fingerprint density at radius 1 is 1.36 bits per heavy atom. The SMILES string of the molecule is Cc1ccnc([C@H](NC(=O)c2ccc(O)c(Cl)c2)C2CC2)c1. The molecule has 1 atom stereocenters. The van der Waals surface area contributed by atoms with Gasteiger partial charge in [0.25, 0.3) is 5.91 Å². The summed E-state index contributed by atoms with van der Waals surface area (Å²) >= 11 is 5.86. The second-order valence-corrected chi connectivity index (χ2v) is 6.12. The first-order chi connectivity index (χ1) is 10.5. The lowest BCUT2D eigenvalue weighted by atomic mass is 10.1. The largest absolute Gasteiger partial charge is 0.506 e. The molecule has 0 aliphatic heterocycles. The van der Waals surface area contributed by atoms with Crippen molar-refractivity contribution < 1.29 is 9.90 Å². The van der Waals surface area contributed by atoms with Crippen LogP contribution in [0.15, 0.2) is 36.5 Å². The van der Waals surface area contributed by atoms with Crippen molar-refractivity contribution in [1.82, 2.24) is 10.3 Å². The minimum Gasteiger partial charge on any atom is -0.506 e. The Kier molecular flexibility index (Phi) is 4.03. The minimum atomic E-state index is -0.206. The molecule has 0 saturated heterocycles. The highest BCUT2D eigenvalue weighted by Crippen LogP contribution is 2.40. The van der Waals surface area contributed by atoms with Crippen molar-refractivity contribution in [2.75, 3.05) is 0 Å². The van der Waals surface area contributed by atoms with Gasteiger partial charge in [-0.2, -0.15) is 0 Å². The Balaban J connectivity index is 1.82. The fourth-order valence-electron chi connectivity index (χ4n) is 2.47. The first-order valence-electron chi connectivity index (χ1n) is 7.26. The van der Waals surface area contributed by atoms with E-state index in [9.17, 15) is 9.90 Å². The molecule has 0 radical (unpaired) electrons. The topological polar surface area (TPSA) is 62.2 Å². The van der Waals surface area contributed by atoms with Crippen molar-refractivity contribution in [3.63, 3.8) is 0 Å². The molecule has 4 nitrogen and oxygen atoms in total. The zero-order chi connectivity index (χ0) is 15.7. The van der Waals surface area contributed by atoms with Crippen molar-refractivity contribution >= 4 is 17.5 Å². The average Bonchev–Trinajstić information content (AvgIpc) is 3.32. The summed E-state index contributed by atoms with van der Waals surface area (Å²) in [4.78, 5) is 16.8. The number of rotatable bonds is 4. The van der Waals surface area contributed by atoms with E-state index < -0.39 is 0 Å². The molecule has 3 rings (SSSR count). The van der Waals surface area contributed by atoms with Crippen LogP contribution in [0.4, 0.5) is 0 Å². The Labute approximate surface area is 134 Å². The summed E-state index contributed by atoms with van der Waals surface area (Å²) in [6, 6.07) is 8.32. The van der Waals surface area contributed by atoms with Crippen LogP contribution in [0.3, 0.4) is 0 Å². The molecule has 1 saturated carbocycles. The lowest BCUT2D eigenvalue weighted by molar-refractivity contribution is 0.0930. The summed E-state index contributed by atoms with van der Waals surface area (Å²) < 4.78 is 0. The third-order valence-corrected chi connectivity index (χ3v) is 4.15. The number of nitrogens with zero attached hydrogens (tertiary/aromatic N) is 1. The molecule has 1 aliphatic rings. The molecule has 1 fully saturated rings. The molecule has 0 bridgehead atoms. The summed E-state index contributed by atoms with van der Waals surface area (Å²) in [7, 11) is 0. The number of phenols is 1. The number of benzene rings is 1. The van der Waals surface area contributed by atoms with Gasteiger partial charge in [-0.3, -0.25) is 9.78 Å². The van der Waals surface area contributed by atoms with Gasteiger partial charge in [-0.15, -0.1) is 0 Å². The minimum absolute atomic E-state index is 0.0303. The Hall–Kier alpha value is -2.07. The number of nitrogens with one attached hydrogen (secondary N) is 1. The third kappa shape index (κ3) is 3.22. The van der Waals surface area contributed by atoms with Gasteiger partial charge in [0.1, 0.15) is 5.75 Å². The van der Waals surface area contributed by atoms with E-state index in [0.717, 1.165) is 24.1 Å². The molecular formula is C17H17ClN2O2. The Morgan fingerprint density at radius 2 is 2.14 bits per heavy atom. The highest BCUT2D eigenvalue weighted by Gasteiger charge is 2.34. The number of aromatic hydroxyl groups is 1. The zero-order valence-electron chi connectivity index (χ0n) is 12.2. The zero-order valence-corrected chi connectivity index (χ0v) is 13.0. The Bertz CT molecular complexity index is 714. The molecule has 1 aromatic heterocycles. The van der Waals surface area contributed by atoms with E-state index in [-0.39, 0.29) is 22.7 Å². The number of pyridine rings is 1. The van der Waals surface area contributed by atoms with E-state index in [1.807, 2.05) is 19.1 Å². The maximum Gasteiger partial charge on any atom is 0.251 e. The fraction of sp³-hybridized carbons (Fsp3) is 0.294. The standard InChI is InChI=1S/C17H17ClN2O2/c1-10-6-7-19-14(8-10)16(11-2-3-11)20-17(22)12-4-5-15(21)13(18)9-12/h4-9,11,16,21H,2-3H2,1H3,(H,20,22)/t16-/m1/s1. The molecule has 1 aromatic carbocycles. The van der Waals surface area contributed by atoms with Crippen LogP contribution in [0.2, 0.25) is 5.02 Å². The fourth-order valence-corrected chi connectivity index (χ4v) is 2.65. The van der Waals surface area contributed by atoms with Gasteiger partial charge in [-0.25, -0.2) is 0 Å². The number of hydrogen-bond acceptors (Lipinski definition) is 3. The smallest absolute Gasteiger partial charge is 0.251 e. The van der Waals surface area contributed by atoms with Crippen LogP contribution in [0.25, 0.3) is 0 Å². The number of aromatic nitrogens is 1. The first kappa shape index (κ1) is 14.9. The predicted molar refractivity (Wildman–Crippen MR) is 85.0 cm³/mol. The summed E-state index contributed by atoms with van der Waals surface area (Å²) in [6.45, 7) is 2.01. The van der Waals surface area contributed by atoms with Gasteiger partial charge < -0.3 is 10.4 Å². The summed E-state index contributed by atoms with van der Waals surface area (Å²) in [5, 5.41) is 12.7. The molecule has 5 heteroatoms. The number of carbonyl (C=O) groups is 1. The van der Waals surface area contributed by atoms with Crippen LogP contribution >= 0.6 is 11.6 Å². The Morgan fingerprint density at radius 3 is 2.77 bits per heavy atom. The predicted octanol–water partition coefficient (Wildman–Crippen LogP) is 3.63. The normalized spacial score (nSPS) is 15.4. The molecule has 1 amide bonds. The summed E-state index contributed by atoms with van der Waals surface area (Å²) in [5.41, 5.74) is 2.44. The van der Waals surface area contributed by atoms with Crippen LogP contribution in [0.1, 0.15) is 40.5 Å². The molecule has 0 spiro atoms. The molecule has 1 heterocycles. The quantitative estimate of drug-likeness (QED) is 0.905. The second kappa shape index (κ2) is 5.97. The highest BCUT2D eigenvalue weighted by molar-refractivity contribution is 6.32.